The van der Waals surface area contributed by atoms with E-state index >= 15 is 0 Å². The first-order valence-electron chi connectivity index (χ1n) is 5.32. The monoisotopic (exact) mass is 252 g/mol. The van der Waals surface area contributed by atoms with Crippen LogP contribution in [0, 0.1) is 22.7 Å². The van der Waals surface area contributed by atoms with Crippen LogP contribution in [-0.4, -0.2) is 17.3 Å². The summed E-state index contributed by atoms with van der Waals surface area (Å²) >= 11 is 0. The van der Waals surface area contributed by atoms with Gasteiger partial charge in [0, 0.05) is 5.56 Å². The zero-order valence-corrected chi connectivity index (χ0v) is 9.71. The Balaban J connectivity index is 2.17. The largest absolute Gasteiger partial charge is 0.276 e. The van der Waals surface area contributed by atoms with Gasteiger partial charge >= 0.3 is 0 Å². The van der Waals surface area contributed by atoms with Crippen LogP contribution in [0.25, 0.3) is 0 Å². The zero-order valence-electron chi connectivity index (χ0n) is 9.71. The van der Waals surface area contributed by atoms with Crippen molar-refractivity contribution in [2.24, 2.45) is 10.2 Å². The molecule has 1 aromatic rings. The molecule has 0 spiro atoms. The van der Waals surface area contributed by atoms with E-state index in [0.717, 1.165) is 5.56 Å². The van der Waals surface area contributed by atoms with Crippen molar-refractivity contribution in [3.63, 3.8) is 0 Å². The van der Waals surface area contributed by atoms with Gasteiger partial charge in [0.25, 0.3) is 0 Å². The lowest BCUT2D eigenvalue weighted by Gasteiger charge is -2.03. The maximum absolute atomic E-state index is 11.1. The molecular weight excluding hydrogens is 244 g/mol. The highest BCUT2D eigenvalue weighted by atomic mass is 16.2. The van der Waals surface area contributed by atoms with Gasteiger partial charge in [-0.1, -0.05) is 12.1 Å². The number of carbonyl (C=O) groups excluding carboxylic acids is 1. The van der Waals surface area contributed by atoms with Gasteiger partial charge in [0.1, 0.15) is 12.1 Å². The van der Waals surface area contributed by atoms with E-state index in [1.54, 1.807) is 30.3 Å². The number of benzene rings is 1. The second-order valence-electron chi connectivity index (χ2n) is 3.65. The summed E-state index contributed by atoms with van der Waals surface area (Å²) < 4.78 is 0. The van der Waals surface area contributed by atoms with Crippen LogP contribution in [0.15, 0.2) is 34.5 Å². The summed E-state index contributed by atoms with van der Waals surface area (Å²) in [6, 6.07) is 10.3. The van der Waals surface area contributed by atoms with Crippen LogP contribution >= 0.6 is 0 Å². The van der Waals surface area contributed by atoms with Gasteiger partial charge in [-0.2, -0.15) is 20.7 Å². The highest BCUT2D eigenvalue weighted by molar-refractivity contribution is 6.14. The molecule has 1 aliphatic heterocycles. The van der Waals surface area contributed by atoms with Gasteiger partial charge in [0.05, 0.1) is 17.8 Å². The van der Waals surface area contributed by atoms with Crippen molar-refractivity contribution >= 4 is 23.0 Å². The minimum absolute atomic E-state index is 0.150. The molecule has 0 fully saturated rings. The van der Waals surface area contributed by atoms with Crippen LogP contribution < -0.4 is 10.9 Å². The summed E-state index contributed by atoms with van der Waals surface area (Å²) in [5, 5.41) is 24.6. The number of nitriles is 2. The number of nitrogens with zero attached hydrogens (tertiary/aromatic N) is 4. The summed E-state index contributed by atoms with van der Waals surface area (Å²) in [6.45, 7) is 0. The Bertz CT molecular complexity index is 646. The lowest BCUT2D eigenvalue weighted by molar-refractivity contribution is -0.119. The van der Waals surface area contributed by atoms with Crippen molar-refractivity contribution < 1.29 is 4.79 Å². The third-order valence-corrected chi connectivity index (χ3v) is 2.35. The molecule has 1 aromatic carbocycles. The van der Waals surface area contributed by atoms with Gasteiger partial charge in [-0.05, 0) is 12.1 Å². The van der Waals surface area contributed by atoms with E-state index in [-0.39, 0.29) is 18.0 Å². The SMILES string of the molecule is N#CC(C#N)=NNc1cccc(C2=NNC(=O)C2)c1. The van der Waals surface area contributed by atoms with E-state index in [1.165, 1.54) is 0 Å². The molecule has 2 N–H and O–H groups in total. The fraction of sp³-hybridized carbons (Fsp3) is 0.0833. The molecule has 0 saturated carbocycles. The number of nitrogens with one attached hydrogen (secondary N) is 2. The highest BCUT2D eigenvalue weighted by Crippen LogP contribution is 2.14. The summed E-state index contributed by atoms with van der Waals surface area (Å²) in [4.78, 5) is 11.1. The first kappa shape index (κ1) is 12.3. The fourth-order valence-electron chi connectivity index (χ4n) is 1.49. The van der Waals surface area contributed by atoms with Crippen molar-refractivity contribution in [2.45, 2.75) is 6.42 Å². The van der Waals surface area contributed by atoms with Gasteiger partial charge in [0.15, 0.2) is 0 Å². The number of hydrazone groups is 2. The Hall–Kier alpha value is -3.19. The van der Waals surface area contributed by atoms with Crippen LogP contribution in [0.4, 0.5) is 5.69 Å². The minimum atomic E-state index is -0.263. The van der Waals surface area contributed by atoms with E-state index in [9.17, 15) is 4.79 Å². The summed E-state index contributed by atoms with van der Waals surface area (Å²) in [7, 11) is 0. The lowest BCUT2D eigenvalue weighted by atomic mass is 10.1. The predicted octanol–water partition coefficient (Wildman–Crippen LogP) is 0.726. The number of hydrogen-bond donors (Lipinski definition) is 2. The highest BCUT2D eigenvalue weighted by Gasteiger charge is 2.16. The number of hydrogen-bond acceptors (Lipinski definition) is 6. The normalized spacial score (nSPS) is 12.7. The quantitative estimate of drug-likeness (QED) is 0.609. The summed E-state index contributed by atoms with van der Waals surface area (Å²) in [5.74, 6) is -0.150. The smallest absolute Gasteiger partial charge is 0.246 e. The molecule has 1 aliphatic rings. The van der Waals surface area contributed by atoms with Crippen molar-refractivity contribution in [3.8, 4) is 12.1 Å². The molecular formula is C12H8N6O. The van der Waals surface area contributed by atoms with Crippen molar-refractivity contribution in [3.05, 3.63) is 29.8 Å². The first-order chi connectivity index (χ1) is 9.22. The van der Waals surface area contributed by atoms with Crippen LogP contribution in [0.1, 0.15) is 12.0 Å². The number of rotatable bonds is 3. The molecule has 19 heavy (non-hydrogen) atoms. The van der Waals surface area contributed by atoms with Gasteiger partial charge in [-0.3, -0.25) is 10.2 Å². The lowest BCUT2D eigenvalue weighted by Crippen LogP contribution is -2.09. The zero-order chi connectivity index (χ0) is 13.7. The fourth-order valence-corrected chi connectivity index (χ4v) is 1.49. The van der Waals surface area contributed by atoms with Crippen LogP contribution in [0.2, 0.25) is 0 Å². The number of carbonyl (C=O) groups is 1. The maximum atomic E-state index is 11.1. The molecule has 92 valence electrons. The molecule has 0 atom stereocenters. The predicted molar refractivity (Wildman–Crippen MR) is 68.0 cm³/mol. The summed E-state index contributed by atoms with van der Waals surface area (Å²) in [6.07, 6.45) is 0.231. The van der Waals surface area contributed by atoms with Crippen LogP contribution in [0.5, 0.6) is 0 Å². The van der Waals surface area contributed by atoms with Gasteiger partial charge < -0.3 is 0 Å². The van der Waals surface area contributed by atoms with Crippen molar-refractivity contribution in [1.82, 2.24) is 5.43 Å². The Morgan fingerprint density at radius 2 is 2.21 bits per heavy atom. The average Bonchev–Trinajstić information content (AvgIpc) is 2.87. The molecule has 7 heteroatoms. The number of amides is 1. The third kappa shape index (κ3) is 2.93. The Labute approximate surface area is 108 Å². The van der Waals surface area contributed by atoms with Gasteiger partial charge in [-0.15, -0.1) is 0 Å². The topological polar surface area (TPSA) is 113 Å². The van der Waals surface area contributed by atoms with Gasteiger partial charge in [0.2, 0.25) is 11.6 Å². The number of anilines is 1. The summed E-state index contributed by atoms with van der Waals surface area (Å²) in [5.41, 5.74) is 6.72. The van der Waals surface area contributed by atoms with E-state index in [2.05, 4.69) is 21.1 Å². The van der Waals surface area contributed by atoms with Crippen molar-refractivity contribution in [2.75, 3.05) is 5.43 Å². The molecule has 0 saturated heterocycles. The van der Waals surface area contributed by atoms with E-state index in [4.69, 9.17) is 10.5 Å². The molecule has 1 amide bonds. The molecule has 0 aliphatic carbocycles. The second-order valence-corrected chi connectivity index (χ2v) is 3.65. The van der Waals surface area contributed by atoms with E-state index in [0.29, 0.717) is 11.4 Å². The molecule has 0 bridgehead atoms. The molecule has 7 nitrogen and oxygen atoms in total. The molecule has 0 unspecified atom stereocenters. The minimum Gasteiger partial charge on any atom is -0.276 e. The Morgan fingerprint density at radius 1 is 1.42 bits per heavy atom. The van der Waals surface area contributed by atoms with Gasteiger partial charge in [-0.25, -0.2) is 5.43 Å². The molecule has 0 aromatic heterocycles. The molecule has 2 rings (SSSR count). The average molecular weight is 252 g/mol. The van der Waals surface area contributed by atoms with E-state index < -0.39 is 0 Å². The second kappa shape index (κ2) is 5.43. The molecule has 1 heterocycles. The van der Waals surface area contributed by atoms with Crippen molar-refractivity contribution in [1.29, 1.82) is 10.5 Å². The maximum Gasteiger partial charge on any atom is 0.246 e. The standard InChI is InChI=1S/C12H8N6O/c13-6-10(7-14)16-15-9-3-1-2-8(4-9)11-5-12(19)18-17-11/h1-4,15H,5H2,(H,18,19). The first-order valence-corrected chi connectivity index (χ1v) is 5.32. The van der Waals surface area contributed by atoms with Crippen LogP contribution in [0.3, 0.4) is 0 Å². The van der Waals surface area contributed by atoms with Crippen LogP contribution in [-0.2, 0) is 4.79 Å². The Morgan fingerprint density at radius 3 is 2.84 bits per heavy atom. The third-order valence-electron chi connectivity index (χ3n) is 2.35. The van der Waals surface area contributed by atoms with E-state index in [1.807, 2.05) is 6.07 Å². The molecule has 0 radical (unpaired) electrons. The Kier molecular flexibility index (Phi) is 3.51.